The Morgan fingerprint density at radius 1 is 0.969 bits per heavy atom. The summed E-state index contributed by atoms with van der Waals surface area (Å²) >= 11 is 3.44. The molecule has 0 radical (unpaired) electrons. The Morgan fingerprint density at radius 3 is 2.22 bits per heavy atom. The third kappa shape index (κ3) is 5.45. The summed E-state index contributed by atoms with van der Waals surface area (Å²) < 4.78 is 6.67. The fraction of sp³-hybridized carbons (Fsp3) is 0.154. The molecule has 0 fully saturated rings. The van der Waals surface area contributed by atoms with E-state index in [1.165, 1.54) is 17.2 Å². The molecule has 1 amide bonds. The second-order valence-electron chi connectivity index (χ2n) is 7.76. The SMILES string of the molecule is O=C(CC1Cc2ccccc2C1)N/C(=C\c1ccc(Oc2ccccc2Br)cc1)C(=O)O. The maximum absolute atomic E-state index is 12.5. The maximum atomic E-state index is 12.5. The third-order valence-corrected chi connectivity index (χ3v) is 6.02. The number of benzene rings is 3. The van der Waals surface area contributed by atoms with Gasteiger partial charge in [-0.05, 0) is 81.7 Å². The van der Waals surface area contributed by atoms with Crippen LogP contribution in [0.15, 0.2) is 83.0 Å². The highest BCUT2D eigenvalue weighted by Crippen LogP contribution is 2.30. The highest BCUT2D eigenvalue weighted by Gasteiger charge is 2.24. The van der Waals surface area contributed by atoms with Gasteiger partial charge in [-0.3, -0.25) is 4.79 Å². The van der Waals surface area contributed by atoms with Crippen LogP contribution in [0.2, 0.25) is 0 Å². The number of nitrogens with one attached hydrogen (secondary N) is 1. The summed E-state index contributed by atoms with van der Waals surface area (Å²) in [6, 6.07) is 22.7. The Balaban J connectivity index is 1.39. The van der Waals surface area contributed by atoms with Gasteiger partial charge < -0.3 is 15.2 Å². The van der Waals surface area contributed by atoms with Gasteiger partial charge in [-0.15, -0.1) is 0 Å². The molecule has 1 aliphatic carbocycles. The molecule has 0 atom stereocenters. The summed E-state index contributed by atoms with van der Waals surface area (Å²) in [4.78, 5) is 24.2. The van der Waals surface area contributed by atoms with Crippen molar-refractivity contribution in [3.8, 4) is 11.5 Å². The van der Waals surface area contributed by atoms with Gasteiger partial charge in [0, 0.05) is 6.42 Å². The molecule has 0 saturated heterocycles. The molecule has 0 unspecified atom stereocenters. The van der Waals surface area contributed by atoms with Crippen LogP contribution in [0.25, 0.3) is 6.08 Å². The van der Waals surface area contributed by atoms with Gasteiger partial charge in [-0.2, -0.15) is 0 Å². The largest absolute Gasteiger partial charge is 0.477 e. The van der Waals surface area contributed by atoms with Crippen molar-refractivity contribution in [1.29, 1.82) is 0 Å². The smallest absolute Gasteiger partial charge is 0.352 e. The fourth-order valence-electron chi connectivity index (χ4n) is 3.86. The number of aliphatic carboxylic acids is 1. The van der Waals surface area contributed by atoms with Crippen molar-refractivity contribution in [2.24, 2.45) is 5.92 Å². The molecule has 162 valence electrons. The molecule has 0 aliphatic heterocycles. The van der Waals surface area contributed by atoms with Crippen LogP contribution in [0, 0.1) is 5.92 Å². The Labute approximate surface area is 194 Å². The maximum Gasteiger partial charge on any atom is 0.352 e. The first-order chi connectivity index (χ1) is 15.5. The average molecular weight is 492 g/mol. The number of amides is 1. The molecular formula is C26H22BrNO4. The Morgan fingerprint density at radius 2 is 1.59 bits per heavy atom. The highest BCUT2D eigenvalue weighted by atomic mass is 79.9. The predicted octanol–water partition coefficient (Wildman–Crippen LogP) is 5.59. The van der Waals surface area contributed by atoms with E-state index < -0.39 is 5.97 Å². The minimum atomic E-state index is -1.18. The topological polar surface area (TPSA) is 75.6 Å². The Bertz CT molecular complexity index is 1150. The minimum absolute atomic E-state index is 0.148. The van der Waals surface area contributed by atoms with Gasteiger partial charge in [-0.1, -0.05) is 48.5 Å². The summed E-state index contributed by atoms with van der Waals surface area (Å²) in [7, 11) is 0. The fourth-order valence-corrected chi connectivity index (χ4v) is 4.23. The van der Waals surface area contributed by atoms with Crippen LogP contribution < -0.4 is 10.1 Å². The van der Waals surface area contributed by atoms with Crippen molar-refractivity contribution in [3.63, 3.8) is 0 Å². The van der Waals surface area contributed by atoms with Crippen molar-refractivity contribution in [3.05, 3.63) is 99.7 Å². The van der Waals surface area contributed by atoms with Gasteiger partial charge in [-0.25, -0.2) is 4.79 Å². The lowest BCUT2D eigenvalue weighted by Crippen LogP contribution is -2.29. The number of carbonyl (C=O) groups excluding carboxylic acids is 1. The number of hydrogen-bond donors (Lipinski definition) is 2. The van der Waals surface area contributed by atoms with Crippen molar-refractivity contribution in [2.75, 3.05) is 0 Å². The molecule has 1 aliphatic rings. The molecule has 5 nitrogen and oxygen atoms in total. The summed E-state index contributed by atoms with van der Waals surface area (Å²) in [5, 5.41) is 12.1. The van der Waals surface area contributed by atoms with Crippen LogP contribution in [0.4, 0.5) is 0 Å². The lowest BCUT2D eigenvalue weighted by atomic mass is 10.0. The zero-order valence-electron chi connectivity index (χ0n) is 17.3. The van der Waals surface area contributed by atoms with E-state index in [0.717, 1.165) is 17.3 Å². The van der Waals surface area contributed by atoms with Crippen LogP contribution in [0.5, 0.6) is 11.5 Å². The van der Waals surface area contributed by atoms with E-state index in [9.17, 15) is 14.7 Å². The van der Waals surface area contributed by atoms with Gasteiger partial charge in [0.2, 0.25) is 5.91 Å². The molecule has 0 spiro atoms. The molecule has 3 aromatic carbocycles. The first-order valence-corrected chi connectivity index (χ1v) is 11.1. The standard InChI is InChI=1S/C26H22BrNO4/c27-22-7-3-4-8-24(22)32-21-11-9-17(10-12-21)15-23(26(30)31)28-25(29)16-18-13-19-5-1-2-6-20(19)14-18/h1-12,15,18H,13-14,16H2,(H,28,29)(H,30,31)/b23-15-. The van der Waals surface area contributed by atoms with Crippen molar-refractivity contribution in [1.82, 2.24) is 5.32 Å². The van der Waals surface area contributed by atoms with Crippen molar-refractivity contribution in [2.45, 2.75) is 19.3 Å². The molecule has 0 saturated carbocycles. The molecule has 0 bridgehead atoms. The number of carbonyl (C=O) groups is 2. The highest BCUT2D eigenvalue weighted by molar-refractivity contribution is 9.10. The summed E-state index contributed by atoms with van der Waals surface area (Å²) in [6.07, 6.45) is 3.42. The quantitative estimate of drug-likeness (QED) is 0.422. The zero-order chi connectivity index (χ0) is 22.5. The summed E-state index contributed by atoms with van der Waals surface area (Å²) in [5.74, 6) is 0.0298. The van der Waals surface area contributed by atoms with E-state index in [0.29, 0.717) is 17.1 Å². The summed E-state index contributed by atoms with van der Waals surface area (Å²) in [6.45, 7) is 0. The van der Waals surface area contributed by atoms with E-state index in [-0.39, 0.29) is 23.9 Å². The van der Waals surface area contributed by atoms with Crippen LogP contribution in [0.3, 0.4) is 0 Å². The Hall–Kier alpha value is -3.38. The van der Waals surface area contributed by atoms with Gasteiger partial charge in [0.25, 0.3) is 0 Å². The second-order valence-corrected chi connectivity index (χ2v) is 8.61. The van der Waals surface area contributed by atoms with Crippen LogP contribution in [-0.4, -0.2) is 17.0 Å². The molecule has 0 heterocycles. The van der Waals surface area contributed by atoms with Gasteiger partial charge >= 0.3 is 5.97 Å². The Kier molecular flexibility index (Phi) is 6.71. The number of para-hydroxylation sites is 1. The van der Waals surface area contributed by atoms with E-state index >= 15 is 0 Å². The normalized spacial score (nSPS) is 13.5. The van der Waals surface area contributed by atoms with E-state index in [1.54, 1.807) is 24.3 Å². The molecular weight excluding hydrogens is 470 g/mol. The van der Waals surface area contributed by atoms with E-state index in [1.807, 2.05) is 36.4 Å². The van der Waals surface area contributed by atoms with Gasteiger partial charge in [0.05, 0.1) is 4.47 Å². The number of ether oxygens (including phenoxy) is 1. The molecule has 3 aromatic rings. The van der Waals surface area contributed by atoms with Gasteiger partial charge in [0.15, 0.2) is 0 Å². The van der Waals surface area contributed by atoms with E-state index in [2.05, 4.69) is 33.4 Å². The lowest BCUT2D eigenvalue weighted by molar-refractivity contribution is -0.134. The number of fused-ring (bicyclic) bond motifs is 1. The number of carboxylic acids is 1. The number of hydrogen-bond acceptors (Lipinski definition) is 3. The number of halogens is 1. The average Bonchev–Trinajstić information content (AvgIpc) is 3.18. The van der Waals surface area contributed by atoms with Crippen molar-refractivity contribution >= 4 is 33.9 Å². The van der Waals surface area contributed by atoms with Gasteiger partial charge in [0.1, 0.15) is 17.2 Å². The summed E-state index contributed by atoms with van der Waals surface area (Å²) in [5.41, 5.74) is 3.04. The molecule has 6 heteroatoms. The van der Waals surface area contributed by atoms with Crippen molar-refractivity contribution < 1.29 is 19.4 Å². The molecule has 4 rings (SSSR count). The minimum Gasteiger partial charge on any atom is -0.477 e. The van der Waals surface area contributed by atoms with Crippen LogP contribution in [-0.2, 0) is 22.4 Å². The molecule has 32 heavy (non-hydrogen) atoms. The second kappa shape index (κ2) is 9.83. The first-order valence-electron chi connectivity index (χ1n) is 10.3. The first kappa shape index (κ1) is 21.8. The predicted molar refractivity (Wildman–Crippen MR) is 126 cm³/mol. The lowest BCUT2D eigenvalue weighted by Gasteiger charge is -2.11. The monoisotopic (exact) mass is 491 g/mol. The van der Waals surface area contributed by atoms with E-state index in [4.69, 9.17) is 4.74 Å². The van der Waals surface area contributed by atoms with Crippen LogP contribution in [0.1, 0.15) is 23.1 Å². The zero-order valence-corrected chi connectivity index (χ0v) is 18.8. The number of carboxylic acid groups (broad SMARTS) is 1. The van der Waals surface area contributed by atoms with Crippen LogP contribution >= 0.6 is 15.9 Å². The molecule has 0 aromatic heterocycles. The molecule has 2 N–H and O–H groups in total. The third-order valence-electron chi connectivity index (χ3n) is 5.37. The number of rotatable bonds is 7.